The van der Waals surface area contributed by atoms with Gasteiger partial charge in [0.2, 0.25) is 0 Å². The zero-order valence-corrected chi connectivity index (χ0v) is 15.9. The first-order valence-corrected chi connectivity index (χ1v) is 8.53. The number of likely N-dealkylation sites (tertiary alicyclic amines) is 1. The van der Waals surface area contributed by atoms with Crippen molar-refractivity contribution in [3.05, 3.63) is 0 Å². The maximum Gasteiger partial charge on any atom is 0.188 e. The monoisotopic (exact) mass is 408 g/mol. The van der Waals surface area contributed by atoms with Crippen LogP contribution in [0.4, 0.5) is 0 Å². The molecule has 3 N–H and O–H groups in total. The van der Waals surface area contributed by atoms with Gasteiger partial charge in [-0.25, -0.2) is 0 Å². The van der Waals surface area contributed by atoms with Crippen LogP contribution in [0.15, 0.2) is 4.99 Å². The fourth-order valence-corrected chi connectivity index (χ4v) is 3.40. The Kier molecular flexibility index (Phi) is 9.64. The summed E-state index contributed by atoms with van der Waals surface area (Å²) in [5.41, 5.74) is 6.04. The van der Waals surface area contributed by atoms with Gasteiger partial charge in [0.05, 0.1) is 0 Å². The summed E-state index contributed by atoms with van der Waals surface area (Å²) in [5, 5.41) is 3.42. The minimum Gasteiger partial charge on any atom is -0.370 e. The van der Waals surface area contributed by atoms with Crippen molar-refractivity contribution in [3.63, 3.8) is 0 Å². The molecule has 0 amide bonds. The molecule has 2 rings (SSSR count). The van der Waals surface area contributed by atoms with E-state index in [-0.39, 0.29) is 24.0 Å². The second-order valence-electron chi connectivity index (χ2n) is 6.67. The third-order valence-electron chi connectivity index (χ3n) is 4.55. The molecule has 1 saturated carbocycles. The first-order valence-electron chi connectivity index (χ1n) is 8.53. The van der Waals surface area contributed by atoms with Crippen molar-refractivity contribution in [2.24, 2.45) is 16.6 Å². The second kappa shape index (κ2) is 10.6. The molecule has 1 saturated heterocycles. The van der Waals surface area contributed by atoms with Crippen molar-refractivity contribution in [2.75, 3.05) is 26.2 Å². The minimum atomic E-state index is 0. The lowest BCUT2D eigenvalue weighted by molar-refractivity contribution is 0.291. The zero-order valence-electron chi connectivity index (χ0n) is 13.5. The van der Waals surface area contributed by atoms with E-state index in [2.05, 4.69) is 22.1 Å². The van der Waals surface area contributed by atoms with Crippen molar-refractivity contribution in [2.45, 2.75) is 64.3 Å². The predicted molar refractivity (Wildman–Crippen MR) is 101 cm³/mol. The summed E-state index contributed by atoms with van der Waals surface area (Å²) in [4.78, 5) is 7.10. The van der Waals surface area contributed by atoms with E-state index in [9.17, 15) is 0 Å². The molecule has 1 unspecified atom stereocenters. The number of nitrogens with zero attached hydrogens (tertiary/aromatic N) is 2. The Hall–Kier alpha value is -0.0400. The molecule has 5 heteroatoms. The van der Waals surface area contributed by atoms with Gasteiger partial charge >= 0.3 is 0 Å². The fraction of sp³-hybridized carbons (Fsp3) is 0.938. The molecule has 2 aliphatic rings. The molecule has 0 aromatic rings. The van der Waals surface area contributed by atoms with E-state index in [1.165, 1.54) is 71.0 Å². The molecule has 124 valence electrons. The Morgan fingerprint density at radius 3 is 2.38 bits per heavy atom. The Morgan fingerprint density at radius 2 is 1.76 bits per heavy atom. The van der Waals surface area contributed by atoms with Crippen LogP contribution < -0.4 is 11.1 Å². The lowest BCUT2D eigenvalue weighted by Gasteiger charge is -2.20. The molecule has 2 fully saturated rings. The summed E-state index contributed by atoms with van der Waals surface area (Å²) in [6, 6.07) is 0.551. The molecule has 21 heavy (non-hydrogen) atoms. The first-order chi connectivity index (χ1) is 9.74. The highest BCUT2D eigenvalue weighted by molar-refractivity contribution is 14.0. The van der Waals surface area contributed by atoms with Crippen molar-refractivity contribution in [1.82, 2.24) is 10.2 Å². The second-order valence-corrected chi connectivity index (χ2v) is 6.67. The lowest BCUT2D eigenvalue weighted by Crippen LogP contribution is -2.40. The molecule has 1 aliphatic carbocycles. The summed E-state index contributed by atoms with van der Waals surface area (Å²) in [6.07, 6.45) is 10.6. The number of rotatable bonds is 5. The van der Waals surface area contributed by atoms with Crippen LogP contribution in [0.1, 0.15) is 58.3 Å². The topological polar surface area (TPSA) is 53.6 Å². The third-order valence-corrected chi connectivity index (χ3v) is 4.55. The average molecular weight is 408 g/mol. The molecule has 1 aliphatic heterocycles. The van der Waals surface area contributed by atoms with E-state index in [4.69, 9.17) is 5.73 Å². The molecular weight excluding hydrogens is 375 g/mol. The molecule has 0 aromatic carbocycles. The van der Waals surface area contributed by atoms with Gasteiger partial charge in [0.25, 0.3) is 0 Å². The highest BCUT2D eigenvalue weighted by Crippen LogP contribution is 2.17. The normalized spacial score (nSPS) is 23.4. The highest BCUT2D eigenvalue weighted by atomic mass is 127. The highest BCUT2D eigenvalue weighted by Gasteiger charge is 2.15. The molecule has 0 spiro atoms. The molecule has 4 nitrogen and oxygen atoms in total. The number of nitrogens with one attached hydrogen (secondary N) is 1. The predicted octanol–water partition coefficient (Wildman–Crippen LogP) is 2.96. The quantitative estimate of drug-likeness (QED) is 0.318. The first kappa shape index (κ1) is 19.0. The molecule has 0 bridgehead atoms. The van der Waals surface area contributed by atoms with Gasteiger partial charge in [-0.2, -0.15) is 0 Å². The summed E-state index contributed by atoms with van der Waals surface area (Å²) >= 11 is 0. The van der Waals surface area contributed by atoms with Gasteiger partial charge in [0, 0.05) is 19.1 Å². The average Bonchev–Trinajstić information content (AvgIpc) is 2.80. The third kappa shape index (κ3) is 7.68. The van der Waals surface area contributed by atoms with E-state index < -0.39 is 0 Å². The van der Waals surface area contributed by atoms with Gasteiger partial charge in [-0.05, 0) is 44.7 Å². The number of hydrogen-bond acceptors (Lipinski definition) is 2. The largest absolute Gasteiger partial charge is 0.370 e. The van der Waals surface area contributed by atoms with Crippen LogP contribution in [-0.2, 0) is 0 Å². The number of halogens is 1. The van der Waals surface area contributed by atoms with Gasteiger partial charge in [-0.1, -0.05) is 32.6 Å². The molecule has 1 heterocycles. The van der Waals surface area contributed by atoms with Crippen molar-refractivity contribution in [3.8, 4) is 0 Å². The van der Waals surface area contributed by atoms with Gasteiger partial charge in [-0.3, -0.25) is 4.99 Å². The van der Waals surface area contributed by atoms with Crippen molar-refractivity contribution < 1.29 is 0 Å². The Morgan fingerprint density at radius 1 is 1.14 bits per heavy atom. The van der Waals surface area contributed by atoms with Crippen LogP contribution in [-0.4, -0.2) is 43.1 Å². The van der Waals surface area contributed by atoms with Crippen LogP contribution in [0.3, 0.4) is 0 Å². The van der Waals surface area contributed by atoms with Crippen molar-refractivity contribution >= 4 is 29.9 Å². The van der Waals surface area contributed by atoms with Gasteiger partial charge < -0.3 is 16.0 Å². The Balaban J connectivity index is 0.00000220. The van der Waals surface area contributed by atoms with E-state index in [1.54, 1.807) is 0 Å². The van der Waals surface area contributed by atoms with Gasteiger partial charge in [0.1, 0.15) is 0 Å². The van der Waals surface area contributed by atoms with Gasteiger partial charge in [0.15, 0.2) is 5.96 Å². The molecule has 0 aromatic heterocycles. The molecule has 1 atom stereocenters. The Labute approximate surface area is 147 Å². The smallest absolute Gasteiger partial charge is 0.188 e. The van der Waals surface area contributed by atoms with Crippen LogP contribution in [0.25, 0.3) is 0 Å². The summed E-state index contributed by atoms with van der Waals surface area (Å²) in [7, 11) is 0. The summed E-state index contributed by atoms with van der Waals surface area (Å²) < 4.78 is 0. The SMILES string of the molecule is CC(CN=C(N)NC1CCCCCC1)CN1CCCC1.I. The van der Waals surface area contributed by atoms with E-state index in [0.717, 1.165) is 6.54 Å². The number of nitrogens with two attached hydrogens (primary N) is 1. The van der Waals surface area contributed by atoms with E-state index in [1.807, 2.05) is 0 Å². The zero-order chi connectivity index (χ0) is 14.2. The molecule has 0 radical (unpaired) electrons. The van der Waals surface area contributed by atoms with Crippen LogP contribution in [0.2, 0.25) is 0 Å². The van der Waals surface area contributed by atoms with Gasteiger partial charge in [-0.15, -0.1) is 24.0 Å². The number of guanidine groups is 1. The summed E-state index contributed by atoms with van der Waals surface area (Å²) in [5.74, 6) is 1.26. The lowest BCUT2D eigenvalue weighted by atomic mass is 10.1. The Bertz CT molecular complexity index is 295. The van der Waals surface area contributed by atoms with Crippen LogP contribution in [0, 0.1) is 5.92 Å². The van der Waals surface area contributed by atoms with Crippen LogP contribution >= 0.6 is 24.0 Å². The maximum absolute atomic E-state index is 6.04. The summed E-state index contributed by atoms with van der Waals surface area (Å²) in [6.45, 7) is 6.83. The number of aliphatic imine (C=N–C) groups is 1. The number of hydrogen-bond donors (Lipinski definition) is 2. The molecular formula is C16H33IN4. The van der Waals surface area contributed by atoms with E-state index >= 15 is 0 Å². The van der Waals surface area contributed by atoms with Crippen molar-refractivity contribution in [1.29, 1.82) is 0 Å². The van der Waals surface area contributed by atoms with E-state index in [0.29, 0.717) is 17.9 Å². The maximum atomic E-state index is 6.04. The fourth-order valence-electron chi connectivity index (χ4n) is 3.40. The standard InChI is InChI=1S/C16H32N4.HI/c1-14(13-20-10-6-7-11-20)12-18-16(17)19-15-8-4-2-3-5-9-15;/h14-15H,2-13H2,1H3,(H3,17,18,19);1H. The minimum absolute atomic E-state index is 0. The van der Waals surface area contributed by atoms with Crippen LogP contribution in [0.5, 0.6) is 0 Å².